The first-order chi connectivity index (χ1) is 18.4. The Morgan fingerprint density at radius 2 is 1.89 bits per heavy atom. The molecule has 38 heavy (non-hydrogen) atoms. The Labute approximate surface area is 230 Å². The predicted octanol–water partition coefficient (Wildman–Crippen LogP) is 5.91. The molecule has 0 radical (unpaired) electrons. The Morgan fingerprint density at radius 1 is 1.05 bits per heavy atom. The van der Waals surface area contributed by atoms with E-state index in [4.69, 9.17) is 9.47 Å². The number of benzene rings is 2. The molecule has 7 heteroatoms. The maximum Gasteiger partial charge on any atom is 0.254 e. The number of carbonyl (C=O) groups is 1. The summed E-state index contributed by atoms with van der Waals surface area (Å²) < 4.78 is 14.7. The summed E-state index contributed by atoms with van der Waals surface area (Å²) in [6.45, 7) is 8.21. The highest BCUT2D eigenvalue weighted by Gasteiger charge is 2.38. The molecule has 3 aromatic rings. The summed E-state index contributed by atoms with van der Waals surface area (Å²) in [7, 11) is 1.69. The van der Waals surface area contributed by atoms with Crippen LogP contribution in [0, 0.1) is 20.8 Å². The van der Waals surface area contributed by atoms with Gasteiger partial charge in [0.2, 0.25) is 0 Å². The average Bonchev–Trinajstić information content (AvgIpc) is 3.56. The van der Waals surface area contributed by atoms with Crippen molar-refractivity contribution in [1.82, 2.24) is 14.2 Å². The van der Waals surface area contributed by atoms with Gasteiger partial charge in [-0.3, -0.25) is 9.78 Å². The first-order valence-corrected chi connectivity index (χ1v) is 14.3. The Morgan fingerprint density at radius 3 is 2.71 bits per heavy atom. The highest BCUT2D eigenvalue weighted by Crippen LogP contribution is 2.39. The van der Waals surface area contributed by atoms with E-state index in [2.05, 4.69) is 34.4 Å². The number of rotatable bonds is 8. The molecule has 2 saturated heterocycles. The quantitative estimate of drug-likeness (QED) is 0.337. The topological polar surface area (TPSA) is 54.9 Å². The summed E-state index contributed by atoms with van der Waals surface area (Å²) >= 11 is 1.88. The molecule has 0 saturated carbocycles. The zero-order chi connectivity index (χ0) is 26.6. The van der Waals surface area contributed by atoms with Crippen molar-refractivity contribution in [3.05, 3.63) is 94.3 Å². The molecule has 0 aliphatic carbocycles. The van der Waals surface area contributed by atoms with Crippen molar-refractivity contribution >= 4 is 17.9 Å². The van der Waals surface area contributed by atoms with E-state index in [1.54, 1.807) is 7.11 Å². The summed E-state index contributed by atoms with van der Waals surface area (Å²) in [6.07, 6.45) is 3.85. The lowest BCUT2D eigenvalue weighted by Crippen LogP contribution is -2.32. The molecular weight excluding hydrogens is 494 g/mol. The summed E-state index contributed by atoms with van der Waals surface area (Å²) in [4.78, 5) is 19.7. The fourth-order valence-corrected chi connectivity index (χ4v) is 6.63. The Bertz CT molecular complexity index is 1280. The van der Waals surface area contributed by atoms with Crippen LogP contribution < -0.4 is 4.74 Å². The van der Waals surface area contributed by atoms with E-state index in [-0.39, 0.29) is 18.1 Å². The third-order valence-electron chi connectivity index (χ3n) is 7.62. The fourth-order valence-electron chi connectivity index (χ4n) is 5.48. The van der Waals surface area contributed by atoms with E-state index in [1.807, 2.05) is 73.3 Å². The van der Waals surface area contributed by atoms with Crippen LogP contribution in [0.4, 0.5) is 0 Å². The van der Waals surface area contributed by atoms with Crippen molar-refractivity contribution in [1.29, 1.82) is 0 Å². The van der Waals surface area contributed by atoms with Crippen LogP contribution in [0.5, 0.6) is 5.75 Å². The van der Waals surface area contributed by atoms with Crippen LogP contribution in [0.3, 0.4) is 0 Å². The molecule has 2 aliphatic heterocycles. The molecule has 6 nitrogen and oxygen atoms in total. The second-order valence-corrected chi connectivity index (χ2v) is 11.4. The molecular formula is C31H37N3O3S. The van der Waals surface area contributed by atoms with Crippen LogP contribution in [0.1, 0.15) is 57.2 Å². The zero-order valence-electron chi connectivity index (χ0n) is 22.7. The predicted molar refractivity (Wildman–Crippen MR) is 152 cm³/mol. The minimum atomic E-state index is -0.214. The molecule has 200 valence electrons. The van der Waals surface area contributed by atoms with E-state index in [0.29, 0.717) is 19.1 Å². The maximum absolute atomic E-state index is 13.3. The molecule has 5 rings (SSSR count). The molecule has 1 aromatic heterocycles. The number of likely N-dealkylation sites (tertiary alicyclic amines) is 1. The minimum Gasteiger partial charge on any atom is -0.486 e. The average molecular weight is 532 g/mol. The van der Waals surface area contributed by atoms with Crippen molar-refractivity contribution in [2.45, 2.75) is 57.6 Å². The van der Waals surface area contributed by atoms with Crippen molar-refractivity contribution in [2.75, 3.05) is 26.7 Å². The Kier molecular flexibility index (Phi) is 8.36. The number of carbonyl (C=O) groups excluding carboxylic acids is 1. The van der Waals surface area contributed by atoms with E-state index in [0.717, 1.165) is 40.4 Å². The van der Waals surface area contributed by atoms with Crippen molar-refractivity contribution in [3.63, 3.8) is 0 Å². The Balaban J connectivity index is 1.22. The van der Waals surface area contributed by atoms with Gasteiger partial charge in [-0.25, -0.2) is 4.31 Å². The summed E-state index contributed by atoms with van der Waals surface area (Å²) in [6, 6.07) is 19.0. The van der Waals surface area contributed by atoms with Gasteiger partial charge in [0.15, 0.2) is 0 Å². The first kappa shape index (κ1) is 26.7. The number of nitrogens with zero attached hydrogens (tertiary/aromatic N) is 3. The van der Waals surface area contributed by atoms with Gasteiger partial charge in [0.1, 0.15) is 18.0 Å². The van der Waals surface area contributed by atoms with Gasteiger partial charge in [-0.2, -0.15) is 0 Å². The van der Waals surface area contributed by atoms with Gasteiger partial charge < -0.3 is 14.4 Å². The van der Waals surface area contributed by atoms with Gasteiger partial charge in [0, 0.05) is 42.9 Å². The van der Waals surface area contributed by atoms with Crippen LogP contribution in [0.2, 0.25) is 0 Å². The summed E-state index contributed by atoms with van der Waals surface area (Å²) in [5.74, 6) is 1.73. The summed E-state index contributed by atoms with van der Waals surface area (Å²) in [5, 5.41) is 0. The molecule has 3 unspecified atom stereocenters. The van der Waals surface area contributed by atoms with E-state index in [9.17, 15) is 4.79 Å². The first-order valence-electron chi connectivity index (χ1n) is 13.4. The molecule has 2 aromatic carbocycles. The third kappa shape index (κ3) is 5.90. The molecule has 0 bridgehead atoms. The normalized spacial score (nSPS) is 21.7. The third-order valence-corrected chi connectivity index (χ3v) is 8.85. The van der Waals surface area contributed by atoms with E-state index >= 15 is 0 Å². The maximum atomic E-state index is 13.3. The number of hydrogen-bond donors (Lipinski definition) is 0. The minimum absolute atomic E-state index is 0.0357. The van der Waals surface area contributed by atoms with Crippen molar-refractivity contribution in [3.8, 4) is 5.75 Å². The lowest BCUT2D eigenvalue weighted by atomic mass is 10.0. The molecule has 0 spiro atoms. The number of ether oxygens (including phenoxy) is 2. The zero-order valence-corrected chi connectivity index (χ0v) is 23.5. The van der Waals surface area contributed by atoms with Crippen molar-refractivity contribution < 1.29 is 14.3 Å². The fraction of sp³-hybridized carbons (Fsp3) is 0.419. The van der Waals surface area contributed by atoms with Crippen LogP contribution in [0.25, 0.3) is 0 Å². The van der Waals surface area contributed by atoms with E-state index in [1.165, 1.54) is 24.0 Å². The highest BCUT2D eigenvalue weighted by atomic mass is 32.2. The van der Waals surface area contributed by atoms with Crippen molar-refractivity contribution in [2.24, 2.45) is 0 Å². The number of hydrogen-bond acceptors (Lipinski definition) is 6. The number of aromatic nitrogens is 1. The lowest BCUT2D eigenvalue weighted by molar-refractivity contribution is 0.0339. The Hall–Kier alpha value is -2.87. The number of methoxy groups -OCH3 is 1. The van der Waals surface area contributed by atoms with Crippen LogP contribution in [0.15, 0.2) is 60.8 Å². The van der Waals surface area contributed by atoms with Crippen LogP contribution >= 0.6 is 11.9 Å². The number of pyridine rings is 1. The summed E-state index contributed by atoms with van der Waals surface area (Å²) in [5.41, 5.74) is 6.50. The number of amides is 1. The monoisotopic (exact) mass is 531 g/mol. The second-order valence-electron chi connectivity index (χ2n) is 10.4. The largest absolute Gasteiger partial charge is 0.486 e. The second kappa shape index (κ2) is 11.9. The molecule has 1 amide bonds. The SMILES string of the molecule is COC1CN(C(=O)c2cc(C)ccc2C)CC1Oc1cccc(CSN2CCCC2c2cccnc2C)c1. The van der Waals surface area contributed by atoms with Crippen LogP contribution in [-0.4, -0.2) is 59.0 Å². The lowest BCUT2D eigenvalue weighted by Gasteiger charge is -2.24. The number of aryl methyl sites for hydroxylation is 3. The molecule has 3 atom stereocenters. The van der Waals surface area contributed by atoms with Crippen LogP contribution in [-0.2, 0) is 10.5 Å². The smallest absolute Gasteiger partial charge is 0.254 e. The highest BCUT2D eigenvalue weighted by molar-refractivity contribution is 7.96. The van der Waals surface area contributed by atoms with Gasteiger partial charge in [-0.1, -0.05) is 47.8 Å². The standard InChI is InChI=1S/C31H37N3O3S/c1-21-12-13-22(2)27(16-21)31(35)33-18-29(36-4)30(19-33)37-25-9-5-8-24(17-25)20-38-34-15-7-11-28(34)26-10-6-14-32-23(26)3/h5-6,8-10,12-14,16-17,28-30H,7,11,15,18-20H2,1-4H3. The van der Waals surface area contributed by atoms with E-state index < -0.39 is 0 Å². The molecule has 0 N–H and O–H groups in total. The molecule has 2 fully saturated rings. The molecule has 3 heterocycles. The van der Waals surface area contributed by atoms with Gasteiger partial charge in [-0.05, 0) is 74.6 Å². The van der Waals surface area contributed by atoms with Gasteiger partial charge in [-0.15, -0.1) is 0 Å². The van der Waals surface area contributed by atoms with Gasteiger partial charge in [0.25, 0.3) is 5.91 Å². The van der Waals surface area contributed by atoms with Gasteiger partial charge in [0.05, 0.1) is 13.1 Å². The van der Waals surface area contributed by atoms with Gasteiger partial charge >= 0.3 is 0 Å². The molecule has 2 aliphatic rings.